The second kappa shape index (κ2) is 23.4. The highest BCUT2D eigenvalue weighted by Crippen LogP contribution is 2.36. The van der Waals surface area contributed by atoms with Crippen LogP contribution in [0.15, 0.2) is 42.5 Å². The predicted molar refractivity (Wildman–Crippen MR) is 208 cm³/mol. The fourth-order valence-electron chi connectivity index (χ4n) is 7.43. The molecule has 0 spiro atoms. The molecule has 0 aliphatic carbocycles. The van der Waals surface area contributed by atoms with E-state index in [9.17, 15) is 10.2 Å². The minimum atomic E-state index is 0.269. The van der Waals surface area contributed by atoms with Crippen LogP contribution in [0.2, 0.25) is 0 Å². The van der Waals surface area contributed by atoms with E-state index in [1.807, 2.05) is 24.3 Å². The molecular weight excluding hydrogens is 572 g/mol. The minimum Gasteiger partial charge on any atom is -0.507 e. The van der Waals surface area contributed by atoms with E-state index < -0.39 is 0 Å². The van der Waals surface area contributed by atoms with E-state index in [2.05, 4.69) is 67.5 Å². The van der Waals surface area contributed by atoms with E-state index in [1.54, 1.807) is 6.07 Å². The van der Waals surface area contributed by atoms with Gasteiger partial charge >= 0.3 is 0 Å². The summed E-state index contributed by atoms with van der Waals surface area (Å²) < 4.78 is 0. The minimum absolute atomic E-state index is 0.269. The van der Waals surface area contributed by atoms with Gasteiger partial charge in [0.1, 0.15) is 11.5 Å². The molecule has 0 bridgehead atoms. The standard InChI is InChI=1S/C45H76O2/c1-34(2)17-11-18-35(3)19-12-20-36(4)21-13-22-37(5)23-14-24-38(6)25-15-26-39(7)27-16-28-40(8)31-32-41-33-44(46)42-29-9-10-30-43(42)45(41)47/h9-10,13,22,29-30,33-40,46-47H,11-12,14-21,23-28,31-32H2,1-8H3/b22-13+/t35-,36-,37-,38-,39-,40-/m1/s1. The SMILES string of the molecule is CC(C)CCC[C@@H](C)CCC[C@@H](C)C/C=C/[C@@H](C)CCC[C@@H](C)CCC[C@@H](C)CCC[C@@H](C)CCc1cc(O)c2ccccc2c1O. The topological polar surface area (TPSA) is 40.5 Å². The molecule has 0 aromatic heterocycles. The molecule has 2 aromatic rings. The molecule has 2 nitrogen and oxygen atoms in total. The van der Waals surface area contributed by atoms with E-state index >= 15 is 0 Å². The molecule has 0 amide bonds. The Labute approximate surface area is 292 Å². The number of phenolic OH excluding ortho intramolecular Hbond substituents is 2. The maximum atomic E-state index is 10.7. The van der Waals surface area contributed by atoms with Gasteiger partial charge in [-0.05, 0) is 78.7 Å². The Hall–Kier alpha value is -1.96. The number of rotatable bonds is 26. The van der Waals surface area contributed by atoms with Gasteiger partial charge in [-0.3, -0.25) is 0 Å². The van der Waals surface area contributed by atoms with Crippen molar-refractivity contribution < 1.29 is 10.2 Å². The van der Waals surface area contributed by atoms with Gasteiger partial charge in [0.05, 0.1) is 0 Å². The molecule has 268 valence electrons. The molecule has 6 atom stereocenters. The molecule has 0 saturated carbocycles. The number of fused-ring (bicyclic) bond motifs is 1. The summed E-state index contributed by atoms with van der Waals surface area (Å²) >= 11 is 0. The normalized spacial score (nSPS) is 16.1. The van der Waals surface area contributed by atoms with Crippen LogP contribution in [0.3, 0.4) is 0 Å². The van der Waals surface area contributed by atoms with Crippen molar-refractivity contribution in [1.82, 2.24) is 0 Å². The van der Waals surface area contributed by atoms with E-state index in [1.165, 1.54) is 103 Å². The van der Waals surface area contributed by atoms with E-state index in [0.29, 0.717) is 17.6 Å². The van der Waals surface area contributed by atoms with Crippen LogP contribution in [-0.2, 0) is 6.42 Å². The van der Waals surface area contributed by atoms with Gasteiger partial charge in [0.15, 0.2) is 0 Å². The van der Waals surface area contributed by atoms with Crippen LogP contribution >= 0.6 is 0 Å². The predicted octanol–water partition coefficient (Wildman–Crippen LogP) is 14.5. The first-order chi connectivity index (χ1) is 22.5. The molecule has 0 aliphatic heterocycles. The highest BCUT2D eigenvalue weighted by atomic mass is 16.3. The fourth-order valence-corrected chi connectivity index (χ4v) is 7.43. The fraction of sp³-hybridized carbons (Fsp3) is 0.733. The zero-order chi connectivity index (χ0) is 34.6. The summed E-state index contributed by atoms with van der Waals surface area (Å²) in [6.07, 6.45) is 28.5. The van der Waals surface area contributed by atoms with Crippen molar-refractivity contribution in [2.24, 2.45) is 41.4 Å². The first-order valence-electron chi connectivity index (χ1n) is 20.0. The highest BCUT2D eigenvalue weighted by molar-refractivity contribution is 5.93. The highest BCUT2D eigenvalue weighted by Gasteiger charge is 2.13. The summed E-state index contributed by atoms with van der Waals surface area (Å²) in [7, 11) is 0. The van der Waals surface area contributed by atoms with Crippen LogP contribution in [0.25, 0.3) is 10.8 Å². The van der Waals surface area contributed by atoms with Gasteiger partial charge in [0.2, 0.25) is 0 Å². The lowest BCUT2D eigenvalue weighted by molar-refractivity contribution is 0.375. The van der Waals surface area contributed by atoms with Crippen LogP contribution in [0.5, 0.6) is 11.5 Å². The second-order valence-electron chi connectivity index (χ2n) is 16.7. The van der Waals surface area contributed by atoms with Gasteiger partial charge < -0.3 is 10.2 Å². The summed E-state index contributed by atoms with van der Waals surface area (Å²) in [5, 5.41) is 22.6. The molecular formula is C45H76O2. The lowest BCUT2D eigenvalue weighted by Gasteiger charge is -2.17. The van der Waals surface area contributed by atoms with Crippen LogP contribution in [-0.4, -0.2) is 10.2 Å². The quantitative estimate of drug-likeness (QED) is 0.0787. The second-order valence-corrected chi connectivity index (χ2v) is 16.7. The average molecular weight is 649 g/mol. The number of aromatic hydroxyl groups is 2. The van der Waals surface area contributed by atoms with Crippen LogP contribution in [0.1, 0.15) is 170 Å². The zero-order valence-corrected chi connectivity index (χ0v) is 32.2. The van der Waals surface area contributed by atoms with Crippen molar-refractivity contribution >= 4 is 10.8 Å². The van der Waals surface area contributed by atoms with Gasteiger partial charge in [-0.2, -0.15) is 0 Å². The number of hydrogen-bond acceptors (Lipinski definition) is 2. The molecule has 2 N–H and O–H groups in total. The largest absolute Gasteiger partial charge is 0.507 e. The van der Waals surface area contributed by atoms with Gasteiger partial charge in [-0.15, -0.1) is 0 Å². The lowest BCUT2D eigenvalue weighted by atomic mass is 9.89. The number of phenols is 2. The summed E-state index contributed by atoms with van der Waals surface area (Å²) in [6.45, 7) is 19.2. The van der Waals surface area contributed by atoms with Crippen LogP contribution in [0, 0.1) is 41.4 Å². The summed E-state index contributed by atoms with van der Waals surface area (Å²) in [4.78, 5) is 0. The molecule has 0 radical (unpaired) electrons. The Morgan fingerprint density at radius 3 is 1.51 bits per heavy atom. The maximum absolute atomic E-state index is 10.7. The van der Waals surface area contributed by atoms with Crippen molar-refractivity contribution in [1.29, 1.82) is 0 Å². The third kappa shape index (κ3) is 17.8. The first-order valence-corrected chi connectivity index (χ1v) is 20.0. The molecule has 47 heavy (non-hydrogen) atoms. The molecule has 2 heteroatoms. The van der Waals surface area contributed by atoms with Crippen molar-refractivity contribution in [3.8, 4) is 11.5 Å². The van der Waals surface area contributed by atoms with Gasteiger partial charge in [-0.25, -0.2) is 0 Å². The average Bonchev–Trinajstić information content (AvgIpc) is 3.02. The Morgan fingerprint density at radius 2 is 0.979 bits per heavy atom. The Kier molecular flexibility index (Phi) is 20.5. The Balaban J connectivity index is 1.48. The smallest absolute Gasteiger partial charge is 0.126 e. The van der Waals surface area contributed by atoms with Crippen molar-refractivity contribution in [2.75, 3.05) is 0 Å². The first kappa shape index (κ1) is 41.2. The molecule has 2 aromatic carbocycles. The van der Waals surface area contributed by atoms with E-state index in [4.69, 9.17) is 0 Å². The summed E-state index contributed by atoms with van der Waals surface area (Å²) in [5.41, 5.74) is 0.866. The Bertz CT molecular complexity index is 1120. The third-order valence-electron chi connectivity index (χ3n) is 11.0. The van der Waals surface area contributed by atoms with Gasteiger partial charge in [-0.1, -0.05) is 182 Å². The molecule has 2 rings (SSSR count). The van der Waals surface area contributed by atoms with Crippen molar-refractivity contribution in [3.05, 3.63) is 48.0 Å². The lowest BCUT2D eigenvalue weighted by Crippen LogP contribution is -2.02. The van der Waals surface area contributed by atoms with Gasteiger partial charge in [0, 0.05) is 10.8 Å². The maximum Gasteiger partial charge on any atom is 0.126 e. The van der Waals surface area contributed by atoms with E-state index in [0.717, 1.165) is 58.8 Å². The molecule has 0 fully saturated rings. The summed E-state index contributed by atoms with van der Waals surface area (Å²) in [5.74, 6) is 6.16. The number of hydrogen-bond donors (Lipinski definition) is 2. The summed E-state index contributed by atoms with van der Waals surface area (Å²) in [6, 6.07) is 9.31. The molecule has 0 aliphatic rings. The molecule has 0 saturated heterocycles. The van der Waals surface area contributed by atoms with E-state index in [-0.39, 0.29) is 5.75 Å². The molecule has 0 heterocycles. The van der Waals surface area contributed by atoms with Crippen LogP contribution < -0.4 is 0 Å². The number of aryl methyl sites for hydroxylation is 1. The Morgan fingerprint density at radius 1 is 0.532 bits per heavy atom. The van der Waals surface area contributed by atoms with Crippen molar-refractivity contribution in [3.63, 3.8) is 0 Å². The van der Waals surface area contributed by atoms with Crippen LogP contribution in [0.4, 0.5) is 0 Å². The molecule has 0 unspecified atom stereocenters. The monoisotopic (exact) mass is 649 g/mol. The van der Waals surface area contributed by atoms with Crippen molar-refractivity contribution in [2.45, 2.75) is 171 Å². The van der Waals surface area contributed by atoms with Gasteiger partial charge in [0.25, 0.3) is 0 Å². The number of allylic oxidation sites excluding steroid dienone is 2. The zero-order valence-electron chi connectivity index (χ0n) is 32.2. The third-order valence-corrected chi connectivity index (χ3v) is 11.0. The number of benzene rings is 2.